The predicted octanol–water partition coefficient (Wildman–Crippen LogP) is 3.40. The van der Waals surface area contributed by atoms with Crippen LogP contribution in [0.15, 0.2) is 54.9 Å². The Morgan fingerprint density at radius 1 is 0.966 bits per heavy atom. The molecule has 4 heterocycles. The first kappa shape index (κ1) is 42.2. The van der Waals surface area contributed by atoms with E-state index < -0.39 is 47.9 Å². The number of ether oxygens (including phenoxy) is 1. The second kappa shape index (κ2) is 17.3. The average Bonchev–Trinajstić information content (AvgIpc) is 4.03. The number of urea groups is 1. The highest BCUT2D eigenvalue weighted by atomic mass is 35.5. The Bertz CT molecular complexity index is 2110. The van der Waals surface area contributed by atoms with Crippen LogP contribution in [0.1, 0.15) is 49.8 Å². The number of amides is 3. The fourth-order valence-electron chi connectivity index (χ4n) is 7.75. The van der Waals surface area contributed by atoms with Crippen LogP contribution in [-0.4, -0.2) is 117 Å². The number of fused-ring (bicyclic) bond motifs is 1. The van der Waals surface area contributed by atoms with Gasteiger partial charge in [0.05, 0.1) is 25.0 Å². The smallest absolute Gasteiger partial charge is 0.451 e. The van der Waals surface area contributed by atoms with E-state index in [4.69, 9.17) is 37.9 Å². The summed E-state index contributed by atoms with van der Waals surface area (Å²) in [6.07, 6.45) is -6.34. The molecule has 3 fully saturated rings. The Labute approximate surface area is 346 Å². The van der Waals surface area contributed by atoms with Crippen LogP contribution in [-0.2, 0) is 19.9 Å². The molecule has 4 aromatic rings. The summed E-state index contributed by atoms with van der Waals surface area (Å²) in [6.45, 7) is 3.58. The van der Waals surface area contributed by atoms with Gasteiger partial charge in [0.25, 0.3) is 0 Å². The van der Waals surface area contributed by atoms with Gasteiger partial charge in [-0.3, -0.25) is 4.79 Å². The second-order valence-corrected chi connectivity index (χ2v) is 15.7. The van der Waals surface area contributed by atoms with Gasteiger partial charge < -0.3 is 51.0 Å². The van der Waals surface area contributed by atoms with E-state index in [0.717, 1.165) is 13.0 Å². The average molecular weight is 864 g/mol. The number of hydrogen-bond donors (Lipinski definition) is 7. The first-order chi connectivity index (χ1) is 28.1. The van der Waals surface area contributed by atoms with Crippen LogP contribution >= 0.6 is 23.2 Å². The number of anilines is 2. The highest BCUT2D eigenvalue weighted by Gasteiger charge is 2.51. The van der Waals surface area contributed by atoms with Gasteiger partial charge in [-0.25, -0.2) is 14.6 Å². The molecule has 2 aromatic carbocycles. The van der Waals surface area contributed by atoms with Gasteiger partial charge in [0.1, 0.15) is 11.7 Å². The van der Waals surface area contributed by atoms with E-state index in [1.165, 1.54) is 10.9 Å². The van der Waals surface area contributed by atoms with Crippen molar-refractivity contribution in [3.05, 3.63) is 76.0 Å². The van der Waals surface area contributed by atoms with Crippen LogP contribution < -0.4 is 31.5 Å². The van der Waals surface area contributed by atoms with Crippen LogP contribution in [0.3, 0.4) is 0 Å². The number of imidazole rings is 1. The molecular weight excluding hydrogens is 820 g/mol. The van der Waals surface area contributed by atoms with Crippen LogP contribution in [0.2, 0.25) is 10.0 Å². The molecule has 1 saturated carbocycles. The maximum Gasteiger partial charge on any atom is 0.490 e. The van der Waals surface area contributed by atoms with Crippen molar-refractivity contribution < 1.29 is 42.5 Å². The van der Waals surface area contributed by atoms with Crippen molar-refractivity contribution in [2.75, 3.05) is 42.9 Å². The van der Waals surface area contributed by atoms with Gasteiger partial charge in [0.2, 0.25) is 11.9 Å². The second-order valence-electron chi connectivity index (χ2n) is 14.9. The number of rotatable bonds is 12. The third kappa shape index (κ3) is 9.28. The molecule has 6 atom stereocenters. The number of aliphatic hydroxyl groups is 2. The number of aromatic nitrogens is 4. The number of halogens is 5. The number of carbonyl (C=O) groups excluding carboxylic acids is 3. The molecule has 7 N–H and O–H groups in total. The van der Waals surface area contributed by atoms with E-state index in [0.29, 0.717) is 47.2 Å². The first-order valence-electron chi connectivity index (χ1n) is 19.1. The number of carbonyl (C=O) groups is 3. The Morgan fingerprint density at radius 2 is 1.63 bits per heavy atom. The van der Waals surface area contributed by atoms with Gasteiger partial charge in [0.15, 0.2) is 23.1 Å². The van der Waals surface area contributed by atoms with Gasteiger partial charge >= 0.3 is 18.2 Å². The SMILES string of the molecule is CCC(=O)N[C@H]1C[C@@H](n2cnc3c(NCC(O)(c4ccc(Cl)cc4)c4ccc(Cl)cc4)nc(N4CC[C@@H](NC(=O)N[C@@H]5CCNC5)C4)nc32)[C@H](OC(=O)C(F)(F)F)[C@@H]1O. The minimum atomic E-state index is -5.37. The van der Waals surface area contributed by atoms with Crippen LogP contribution in [0.5, 0.6) is 0 Å². The number of nitrogens with one attached hydrogen (secondary N) is 5. The zero-order valence-corrected chi connectivity index (χ0v) is 33.2. The Morgan fingerprint density at radius 3 is 2.24 bits per heavy atom. The molecule has 0 radical (unpaired) electrons. The number of esters is 1. The summed E-state index contributed by atoms with van der Waals surface area (Å²) < 4.78 is 46.9. The summed E-state index contributed by atoms with van der Waals surface area (Å²) in [4.78, 5) is 53.4. The highest BCUT2D eigenvalue weighted by molar-refractivity contribution is 6.30. The minimum absolute atomic E-state index is 0.00906. The van der Waals surface area contributed by atoms with Crippen molar-refractivity contribution in [2.24, 2.45) is 0 Å². The fourth-order valence-corrected chi connectivity index (χ4v) is 8.00. The molecule has 2 aliphatic heterocycles. The Kier molecular flexibility index (Phi) is 12.4. The Hall–Kier alpha value is -4.95. The molecule has 0 bridgehead atoms. The summed E-state index contributed by atoms with van der Waals surface area (Å²) in [5.74, 6) is -2.69. The summed E-state index contributed by atoms with van der Waals surface area (Å²) in [7, 11) is 0. The van der Waals surface area contributed by atoms with Gasteiger partial charge in [-0.2, -0.15) is 23.1 Å². The molecule has 0 unspecified atom stereocenters. The molecule has 3 aliphatic rings. The van der Waals surface area contributed by atoms with Crippen molar-refractivity contribution in [1.29, 1.82) is 0 Å². The van der Waals surface area contributed by atoms with Gasteiger partial charge in [-0.15, -0.1) is 0 Å². The summed E-state index contributed by atoms with van der Waals surface area (Å²) in [5.41, 5.74) is -0.519. The number of nitrogens with zero attached hydrogens (tertiary/aromatic N) is 5. The molecule has 16 nitrogen and oxygen atoms in total. The molecular formula is C38H43Cl2F3N10O6. The molecule has 59 heavy (non-hydrogen) atoms. The van der Waals surface area contributed by atoms with Crippen molar-refractivity contribution in [3.63, 3.8) is 0 Å². The molecule has 1 aliphatic carbocycles. The lowest BCUT2D eigenvalue weighted by atomic mass is 9.86. The van der Waals surface area contributed by atoms with E-state index in [1.807, 2.05) is 4.90 Å². The van der Waals surface area contributed by atoms with Crippen LogP contribution in [0, 0.1) is 0 Å². The third-order valence-corrected chi connectivity index (χ3v) is 11.4. The largest absolute Gasteiger partial charge is 0.490 e. The van der Waals surface area contributed by atoms with Crippen molar-refractivity contribution in [3.8, 4) is 0 Å². The zero-order valence-electron chi connectivity index (χ0n) is 31.7. The lowest BCUT2D eigenvalue weighted by molar-refractivity contribution is -0.209. The lowest BCUT2D eigenvalue weighted by Crippen LogP contribution is -2.47. The number of aliphatic hydroxyl groups excluding tert-OH is 1. The Balaban J connectivity index is 1.26. The zero-order chi connectivity index (χ0) is 42.1. The maximum atomic E-state index is 13.5. The summed E-state index contributed by atoms with van der Waals surface area (Å²) in [6, 6.07) is 10.4. The van der Waals surface area contributed by atoms with Gasteiger partial charge in [-0.05, 0) is 61.2 Å². The molecule has 7 rings (SSSR count). The molecule has 316 valence electrons. The number of benzene rings is 2. The first-order valence-corrected chi connectivity index (χ1v) is 19.9. The molecule has 3 amide bonds. The van der Waals surface area contributed by atoms with E-state index >= 15 is 0 Å². The summed E-state index contributed by atoms with van der Waals surface area (Å²) in [5, 5.41) is 39.5. The molecule has 0 spiro atoms. The molecule has 21 heteroatoms. The lowest BCUT2D eigenvalue weighted by Gasteiger charge is -2.30. The monoisotopic (exact) mass is 862 g/mol. The minimum Gasteiger partial charge on any atom is -0.451 e. The predicted molar refractivity (Wildman–Crippen MR) is 211 cm³/mol. The van der Waals surface area contributed by atoms with Crippen LogP contribution in [0.25, 0.3) is 11.2 Å². The van der Waals surface area contributed by atoms with E-state index in [1.54, 1.807) is 55.5 Å². The topological polar surface area (TPSA) is 208 Å². The fraction of sp³-hybridized carbons (Fsp3) is 0.474. The van der Waals surface area contributed by atoms with E-state index in [-0.39, 0.29) is 60.4 Å². The van der Waals surface area contributed by atoms with E-state index in [9.17, 15) is 37.8 Å². The van der Waals surface area contributed by atoms with Gasteiger partial charge in [-0.1, -0.05) is 54.4 Å². The van der Waals surface area contributed by atoms with Crippen LogP contribution in [0.4, 0.5) is 29.7 Å². The standard InChI is InChI=1S/C38H43Cl2F3N10O6/c1-2-28(54)49-26-15-27(31(30(26)55)59-34(56)38(41,42)43)53-19-46-29-32(45-18-37(58,20-3-7-22(39)8-4-20)21-5-9-23(40)10-6-21)50-35(51-33(29)53)52-14-12-25(17-52)48-36(57)47-24-11-13-44-16-24/h3-10,19,24-27,30-31,44,55,58H,2,11-18H2,1H3,(H,49,54)(H,45,50,51)(H2,47,48,57)/t24-,25-,26+,27-,30-,31+/m1/s1. The molecule has 2 saturated heterocycles. The highest BCUT2D eigenvalue weighted by Crippen LogP contribution is 2.39. The summed E-state index contributed by atoms with van der Waals surface area (Å²) >= 11 is 12.4. The normalized spacial score (nSPS) is 23.4. The number of alkyl halides is 3. The third-order valence-electron chi connectivity index (χ3n) is 10.9. The van der Waals surface area contributed by atoms with Gasteiger partial charge in [0, 0.05) is 48.2 Å². The molecule has 2 aromatic heterocycles. The maximum absolute atomic E-state index is 13.5. The quantitative estimate of drug-likeness (QED) is 0.102. The van der Waals surface area contributed by atoms with Crippen molar-refractivity contribution in [2.45, 2.75) is 80.8 Å². The van der Waals surface area contributed by atoms with E-state index in [2.05, 4.69) is 31.6 Å². The van der Waals surface area contributed by atoms with Crippen molar-refractivity contribution >= 4 is 64.0 Å². The number of hydrogen-bond acceptors (Lipinski definition) is 12. The van der Waals surface area contributed by atoms with Crippen molar-refractivity contribution in [1.82, 2.24) is 40.8 Å².